The van der Waals surface area contributed by atoms with Crippen LogP contribution in [0.4, 0.5) is 0 Å². The molecule has 5 N–H and O–H groups in total. The van der Waals surface area contributed by atoms with Gasteiger partial charge in [-0.15, -0.1) is 0 Å². The van der Waals surface area contributed by atoms with Gasteiger partial charge in [0.15, 0.2) is 0 Å². The Kier molecular flexibility index (Phi) is 15.4. The molecule has 0 aromatic heterocycles. The van der Waals surface area contributed by atoms with Gasteiger partial charge in [-0.1, -0.05) is 64.4 Å². The van der Waals surface area contributed by atoms with Gasteiger partial charge in [0, 0.05) is 51.2 Å². The summed E-state index contributed by atoms with van der Waals surface area (Å²) < 4.78 is 12.1. The number of aldehydes is 2. The van der Waals surface area contributed by atoms with E-state index in [0.717, 1.165) is 43.8 Å². The number of amides is 2. The summed E-state index contributed by atoms with van der Waals surface area (Å²) in [4.78, 5) is 54.6. The Morgan fingerprint density at radius 1 is 1.08 bits per heavy atom. The average molecular weight is 728 g/mol. The molecule has 1 saturated carbocycles. The maximum atomic E-state index is 13.7. The smallest absolute Gasteiger partial charge is 0.242 e. The van der Waals surface area contributed by atoms with Crippen LogP contribution in [0.5, 0.6) is 0 Å². The minimum atomic E-state index is -1.11. The maximum absolute atomic E-state index is 13.7. The second kappa shape index (κ2) is 19.0. The molecule has 2 amide bonds. The summed E-state index contributed by atoms with van der Waals surface area (Å²) in [5, 5.41) is 24.0. The van der Waals surface area contributed by atoms with Crippen LogP contribution < -0.4 is 21.3 Å². The number of fused-ring (bicyclic) bond motifs is 2. The fraction of sp³-hybridized carbons (Fsp3) is 0.750. The minimum absolute atomic E-state index is 0.0875. The Hall–Kier alpha value is -2.74. The third-order valence-corrected chi connectivity index (χ3v) is 12.3. The van der Waals surface area contributed by atoms with E-state index in [0.29, 0.717) is 31.5 Å². The normalized spacial score (nSPS) is 27.5. The molecule has 0 spiro atoms. The SMILES string of the molecule is CC[C@H](C)[C@@H](CNC(=O)C(NC(=O)[C@H]1N[C@@H]2CC[C@H]1C2)C(C)C)[C@@H](OC)[C@@H](C=O)N1CC[C@H]([C@@H](OC)[C@](C)(C=O)N[C@H](C)[C@@H](O)c2ccccc2)C1. The number of hydrogen-bond acceptors (Lipinski definition) is 10. The standard InChI is InChI=1S/C40H65N5O7/c1-9-25(4)31(20-41-38(49)33(24(2)3)43-39(50)34-28-15-16-30(19-28)42-34)36(51-7)32(22-46)45-18-17-29(21-45)37(52-8)40(6,23-47)44-26(5)35(48)27-13-11-10-12-14-27/h10-14,22-26,28-37,42,44,48H,9,15-21H2,1-8H3,(H,41,49)(H,43,50)/t25-,26+,28-,29-,30+,31+,32+,33?,34-,35+,36+,37+,40-/m0/s1. The summed E-state index contributed by atoms with van der Waals surface area (Å²) in [6.45, 7) is 13.1. The molecule has 1 aromatic carbocycles. The molecular weight excluding hydrogens is 662 g/mol. The van der Waals surface area contributed by atoms with Crippen LogP contribution in [-0.2, 0) is 28.7 Å². The Morgan fingerprint density at radius 3 is 2.33 bits per heavy atom. The average Bonchev–Trinajstić information content (AvgIpc) is 3.92. The number of aliphatic hydroxyl groups is 1. The Bertz CT molecular complexity index is 1320. The summed E-state index contributed by atoms with van der Waals surface area (Å²) in [5.41, 5.74) is -0.359. The number of carbonyl (C=O) groups is 4. The summed E-state index contributed by atoms with van der Waals surface area (Å²) in [6.07, 6.45) is 4.57. The lowest BCUT2D eigenvalue weighted by Crippen LogP contribution is -2.61. The molecule has 12 heteroatoms. The van der Waals surface area contributed by atoms with Crippen LogP contribution in [0.3, 0.4) is 0 Å². The Balaban J connectivity index is 1.42. The predicted octanol–water partition coefficient (Wildman–Crippen LogP) is 2.63. The molecule has 1 unspecified atom stereocenters. The summed E-state index contributed by atoms with van der Waals surface area (Å²) >= 11 is 0. The van der Waals surface area contributed by atoms with Crippen LogP contribution in [-0.4, -0.2) is 116 Å². The molecule has 3 aliphatic rings. The first-order chi connectivity index (χ1) is 24.8. The number of methoxy groups -OCH3 is 2. The molecular formula is C40H65N5O7. The third-order valence-electron chi connectivity index (χ3n) is 12.3. The van der Waals surface area contributed by atoms with Crippen molar-refractivity contribution in [1.82, 2.24) is 26.2 Å². The number of hydrogen-bond donors (Lipinski definition) is 5. The lowest BCUT2D eigenvalue weighted by molar-refractivity contribution is -0.132. The van der Waals surface area contributed by atoms with Crippen molar-refractivity contribution in [2.24, 2.45) is 29.6 Å². The highest BCUT2D eigenvalue weighted by Crippen LogP contribution is 2.36. The molecule has 4 rings (SSSR count). The van der Waals surface area contributed by atoms with E-state index in [4.69, 9.17) is 9.47 Å². The zero-order valence-electron chi connectivity index (χ0n) is 32.5. The summed E-state index contributed by atoms with van der Waals surface area (Å²) in [6, 6.07) is 7.74. The molecule has 2 bridgehead atoms. The van der Waals surface area contributed by atoms with Crippen LogP contribution in [0, 0.1) is 29.6 Å². The fourth-order valence-electron chi connectivity index (χ4n) is 9.09. The largest absolute Gasteiger partial charge is 0.387 e. The monoisotopic (exact) mass is 727 g/mol. The van der Waals surface area contributed by atoms with E-state index in [-0.39, 0.29) is 48.1 Å². The van der Waals surface area contributed by atoms with Gasteiger partial charge in [-0.2, -0.15) is 0 Å². The number of piperidine rings is 1. The van der Waals surface area contributed by atoms with E-state index in [1.165, 1.54) is 0 Å². The van der Waals surface area contributed by atoms with Crippen LogP contribution in [0.25, 0.3) is 0 Å². The van der Waals surface area contributed by atoms with E-state index in [9.17, 15) is 24.3 Å². The van der Waals surface area contributed by atoms with Gasteiger partial charge in [0.2, 0.25) is 11.8 Å². The first kappa shape index (κ1) is 42.0. The zero-order valence-corrected chi connectivity index (χ0v) is 32.5. The Morgan fingerprint density at radius 2 is 1.79 bits per heavy atom. The molecule has 2 saturated heterocycles. The number of benzene rings is 1. The maximum Gasteiger partial charge on any atom is 0.242 e. The zero-order chi connectivity index (χ0) is 38.2. The van der Waals surface area contributed by atoms with Gasteiger partial charge in [0.1, 0.15) is 18.6 Å². The van der Waals surface area contributed by atoms with E-state index >= 15 is 0 Å². The second-order valence-electron chi connectivity index (χ2n) is 16.2. The van der Waals surface area contributed by atoms with Crippen LogP contribution in [0.15, 0.2) is 30.3 Å². The molecule has 1 aliphatic carbocycles. The van der Waals surface area contributed by atoms with Crippen molar-refractivity contribution < 1.29 is 33.8 Å². The first-order valence-electron chi connectivity index (χ1n) is 19.4. The van der Waals surface area contributed by atoms with E-state index in [2.05, 4.69) is 40.0 Å². The van der Waals surface area contributed by atoms with Crippen LogP contribution in [0.2, 0.25) is 0 Å². The molecule has 12 nitrogen and oxygen atoms in total. The molecule has 1 aromatic rings. The first-order valence-corrected chi connectivity index (χ1v) is 19.4. The van der Waals surface area contributed by atoms with E-state index in [1.807, 2.05) is 51.1 Å². The highest BCUT2D eigenvalue weighted by Gasteiger charge is 2.47. The quantitative estimate of drug-likeness (QED) is 0.119. The Labute approximate surface area is 310 Å². The highest BCUT2D eigenvalue weighted by atomic mass is 16.5. The van der Waals surface area contributed by atoms with Gasteiger partial charge in [0.25, 0.3) is 0 Å². The molecule has 3 fully saturated rings. The van der Waals surface area contributed by atoms with Crippen molar-refractivity contribution in [1.29, 1.82) is 0 Å². The van der Waals surface area contributed by atoms with Gasteiger partial charge in [0.05, 0.1) is 35.9 Å². The summed E-state index contributed by atoms with van der Waals surface area (Å²) in [5.74, 6) is -0.313. The van der Waals surface area contributed by atoms with Crippen molar-refractivity contribution in [3.63, 3.8) is 0 Å². The number of nitrogens with zero attached hydrogens (tertiary/aromatic N) is 1. The number of nitrogens with one attached hydrogen (secondary N) is 4. The molecule has 292 valence electrons. The van der Waals surface area contributed by atoms with Crippen molar-refractivity contribution in [3.05, 3.63) is 35.9 Å². The second-order valence-corrected chi connectivity index (χ2v) is 16.2. The van der Waals surface area contributed by atoms with Gasteiger partial charge >= 0.3 is 0 Å². The molecule has 0 radical (unpaired) electrons. The minimum Gasteiger partial charge on any atom is -0.387 e. The number of aliphatic hydroxyl groups excluding tert-OH is 1. The summed E-state index contributed by atoms with van der Waals surface area (Å²) in [7, 11) is 3.20. The third kappa shape index (κ3) is 9.67. The molecule has 52 heavy (non-hydrogen) atoms. The molecule has 13 atom stereocenters. The molecule has 2 heterocycles. The van der Waals surface area contributed by atoms with Crippen LogP contribution in [0.1, 0.15) is 85.3 Å². The predicted molar refractivity (Wildman–Crippen MR) is 200 cm³/mol. The van der Waals surface area contributed by atoms with E-state index < -0.39 is 42.0 Å². The van der Waals surface area contributed by atoms with Crippen molar-refractivity contribution in [3.8, 4) is 0 Å². The topological polar surface area (TPSA) is 158 Å². The number of rotatable bonds is 21. The lowest BCUT2D eigenvalue weighted by Gasteiger charge is -2.40. The lowest BCUT2D eigenvalue weighted by atomic mass is 9.83. The highest BCUT2D eigenvalue weighted by molar-refractivity contribution is 5.90. The molecule has 2 aliphatic heterocycles. The number of carbonyl (C=O) groups excluding carboxylic acids is 4. The van der Waals surface area contributed by atoms with Crippen molar-refractivity contribution in [2.45, 2.75) is 128 Å². The number of ether oxygens (including phenoxy) is 2. The van der Waals surface area contributed by atoms with E-state index in [1.54, 1.807) is 21.1 Å². The fourth-order valence-corrected chi connectivity index (χ4v) is 9.09. The van der Waals surface area contributed by atoms with Gasteiger partial charge < -0.3 is 40.1 Å². The van der Waals surface area contributed by atoms with Crippen molar-refractivity contribution >= 4 is 24.4 Å². The number of likely N-dealkylation sites (tertiary alicyclic amines) is 1. The van der Waals surface area contributed by atoms with Gasteiger partial charge in [-0.3, -0.25) is 19.8 Å². The van der Waals surface area contributed by atoms with Crippen molar-refractivity contribution in [2.75, 3.05) is 33.9 Å². The van der Waals surface area contributed by atoms with Gasteiger partial charge in [-0.05, 0) is 69.4 Å². The van der Waals surface area contributed by atoms with Gasteiger partial charge in [-0.25, -0.2) is 0 Å². The van der Waals surface area contributed by atoms with Crippen LogP contribution >= 0.6 is 0 Å².